The zero-order chi connectivity index (χ0) is 39.8. The molecule has 282 valence electrons. The minimum Gasteiger partial charge on any atom is -0.453 e. The maximum Gasteiger partial charge on any atom is 0.252 e. The van der Waals surface area contributed by atoms with Gasteiger partial charge in [-0.1, -0.05) is 121 Å². The molecule has 0 saturated heterocycles. The van der Waals surface area contributed by atoms with Crippen molar-refractivity contribution in [3.8, 4) is 11.5 Å². The van der Waals surface area contributed by atoms with E-state index in [1.165, 1.54) is 66.9 Å². The second-order valence-electron chi connectivity index (χ2n) is 16.4. The lowest BCUT2D eigenvalue weighted by Crippen LogP contribution is -2.68. The molecule has 0 radical (unpaired) electrons. The minimum atomic E-state index is -0.0674. The molecule has 0 bridgehead atoms. The van der Waals surface area contributed by atoms with Crippen molar-refractivity contribution in [1.29, 1.82) is 0 Å². The third-order valence-corrected chi connectivity index (χ3v) is 13.4. The van der Waals surface area contributed by atoms with Crippen LogP contribution in [0, 0.1) is 0 Å². The third kappa shape index (κ3) is 4.42. The predicted molar refractivity (Wildman–Crippen MR) is 255 cm³/mol. The number of hydrogen-bond acceptors (Lipinski definition) is 5. The van der Waals surface area contributed by atoms with Crippen LogP contribution in [0.15, 0.2) is 206 Å². The number of benzene rings is 9. The summed E-state index contributed by atoms with van der Waals surface area (Å²) < 4.78 is 6.96. The summed E-state index contributed by atoms with van der Waals surface area (Å²) in [7, 11) is 0. The third-order valence-electron chi connectivity index (χ3n) is 13.4. The SMILES string of the molecule is c1ccc(N2c3ccccc3Oc3cc4c(cc32)N(c2ccccc2)c2cc3c5c6c2B4c2ccccc2N6c2ccccc2B5c2ccccc2N3c2ccccc2)cc1. The Hall–Kier alpha value is -7.89. The fourth-order valence-electron chi connectivity index (χ4n) is 11.0. The van der Waals surface area contributed by atoms with Crippen LogP contribution in [0.1, 0.15) is 0 Å². The van der Waals surface area contributed by atoms with E-state index in [2.05, 4.69) is 226 Å². The van der Waals surface area contributed by atoms with Crippen molar-refractivity contribution in [2.75, 3.05) is 19.6 Å². The Kier molecular flexibility index (Phi) is 6.66. The van der Waals surface area contributed by atoms with E-state index in [4.69, 9.17) is 4.74 Å². The highest BCUT2D eigenvalue weighted by molar-refractivity contribution is 7.04. The maximum atomic E-state index is 6.96. The minimum absolute atomic E-state index is 0.0409. The van der Waals surface area contributed by atoms with Gasteiger partial charge in [0.15, 0.2) is 11.5 Å². The van der Waals surface area contributed by atoms with Gasteiger partial charge in [-0.3, -0.25) is 0 Å². The fraction of sp³-hybridized carbons (Fsp3) is 0. The van der Waals surface area contributed by atoms with E-state index in [-0.39, 0.29) is 13.4 Å². The van der Waals surface area contributed by atoms with Crippen molar-refractivity contribution in [2.45, 2.75) is 0 Å². The van der Waals surface area contributed by atoms with E-state index in [1.807, 2.05) is 0 Å². The zero-order valence-electron chi connectivity index (χ0n) is 33.0. The van der Waals surface area contributed by atoms with Crippen LogP contribution in [-0.4, -0.2) is 13.4 Å². The topological polar surface area (TPSA) is 22.2 Å². The molecule has 0 aromatic heterocycles. The molecule has 0 saturated carbocycles. The lowest BCUT2D eigenvalue weighted by Gasteiger charge is -2.51. The Morgan fingerprint density at radius 3 is 1.21 bits per heavy atom. The van der Waals surface area contributed by atoms with E-state index >= 15 is 0 Å². The van der Waals surface area contributed by atoms with Crippen molar-refractivity contribution in [3.05, 3.63) is 206 Å². The molecule has 5 heterocycles. The van der Waals surface area contributed by atoms with Crippen LogP contribution in [0.3, 0.4) is 0 Å². The first kappa shape index (κ1) is 33.0. The molecule has 9 aromatic carbocycles. The number of rotatable bonds is 3. The standard InChI is InChI=1S/C54H34B2N4O/c1-4-18-35(19-5-1)57-42-27-13-10-24-38(42)55-39-25-11-14-28-43(39)60-44-29-15-12-26-40(44)56-41-32-51-47(58(36-20-6-2-7-21-36)45-30-16-17-31-50(45)61-51)33-46(41)59(37-22-8-3-9-23-37)49-34-48(57)52(55)54(60)53(49)56/h1-34H. The molecule has 7 heteroatoms. The molecule has 5 aliphatic rings. The highest BCUT2D eigenvalue weighted by Crippen LogP contribution is 2.54. The summed E-state index contributed by atoms with van der Waals surface area (Å²) >= 11 is 0. The lowest BCUT2D eigenvalue weighted by molar-refractivity contribution is 0.477. The van der Waals surface area contributed by atoms with Crippen LogP contribution in [-0.2, 0) is 0 Å². The van der Waals surface area contributed by atoms with Gasteiger partial charge in [-0.15, -0.1) is 0 Å². The largest absolute Gasteiger partial charge is 0.453 e. The van der Waals surface area contributed by atoms with E-state index < -0.39 is 0 Å². The Labute approximate surface area is 355 Å². The summed E-state index contributed by atoms with van der Waals surface area (Å²) in [5, 5.41) is 0. The number of hydrogen-bond donors (Lipinski definition) is 0. The van der Waals surface area contributed by atoms with Crippen molar-refractivity contribution in [1.82, 2.24) is 0 Å². The summed E-state index contributed by atoms with van der Waals surface area (Å²) in [5.74, 6) is 1.69. The van der Waals surface area contributed by atoms with E-state index in [0.29, 0.717) is 0 Å². The van der Waals surface area contributed by atoms with Crippen LogP contribution in [0.4, 0.5) is 68.2 Å². The molecular weight excluding hydrogens is 742 g/mol. The molecule has 0 N–H and O–H groups in total. The maximum absolute atomic E-state index is 6.96. The van der Waals surface area contributed by atoms with E-state index in [0.717, 1.165) is 45.6 Å². The molecular formula is C54H34B2N4O. The first-order valence-electron chi connectivity index (χ1n) is 21.1. The first-order valence-corrected chi connectivity index (χ1v) is 21.1. The predicted octanol–water partition coefficient (Wildman–Crippen LogP) is 9.96. The highest BCUT2D eigenvalue weighted by Gasteiger charge is 2.52. The van der Waals surface area contributed by atoms with E-state index in [1.54, 1.807) is 0 Å². The zero-order valence-corrected chi connectivity index (χ0v) is 33.0. The smallest absolute Gasteiger partial charge is 0.252 e. The second kappa shape index (κ2) is 12.3. The van der Waals surface area contributed by atoms with Crippen LogP contribution in [0.25, 0.3) is 0 Å². The lowest BCUT2D eigenvalue weighted by atomic mass is 9.28. The number of fused-ring (bicyclic) bond motifs is 12. The fourth-order valence-corrected chi connectivity index (χ4v) is 11.0. The Morgan fingerprint density at radius 2 is 0.672 bits per heavy atom. The molecule has 5 aliphatic heterocycles. The molecule has 9 aromatic rings. The van der Waals surface area contributed by atoms with Gasteiger partial charge in [0.2, 0.25) is 0 Å². The van der Waals surface area contributed by atoms with Crippen LogP contribution >= 0.6 is 0 Å². The molecule has 5 nitrogen and oxygen atoms in total. The summed E-state index contributed by atoms with van der Waals surface area (Å²) in [5.41, 5.74) is 21.6. The number of para-hydroxylation sites is 8. The van der Waals surface area contributed by atoms with Crippen molar-refractivity contribution in [3.63, 3.8) is 0 Å². The van der Waals surface area contributed by atoms with Gasteiger partial charge < -0.3 is 24.3 Å². The molecule has 0 aliphatic carbocycles. The van der Waals surface area contributed by atoms with Gasteiger partial charge in [-0.05, 0) is 118 Å². The molecule has 14 rings (SSSR count). The van der Waals surface area contributed by atoms with Gasteiger partial charge in [0.25, 0.3) is 13.4 Å². The summed E-state index contributed by atoms with van der Waals surface area (Å²) in [6.45, 7) is -0.0265. The Balaban J connectivity index is 1.13. The molecule has 0 amide bonds. The van der Waals surface area contributed by atoms with Gasteiger partial charge in [0, 0.05) is 56.9 Å². The van der Waals surface area contributed by atoms with Crippen LogP contribution in [0.5, 0.6) is 11.5 Å². The average molecular weight is 777 g/mol. The molecule has 61 heavy (non-hydrogen) atoms. The Morgan fingerprint density at radius 1 is 0.279 bits per heavy atom. The van der Waals surface area contributed by atoms with E-state index in [9.17, 15) is 0 Å². The normalized spacial score (nSPS) is 14.2. The van der Waals surface area contributed by atoms with Gasteiger partial charge in [-0.2, -0.15) is 0 Å². The second-order valence-corrected chi connectivity index (χ2v) is 16.4. The first-order chi connectivity index (χ1) is 30.3. The Bertz CT molecular complexity index is 3280. The molecule has 0 atom stereocenters. The highest BCUT2D eigenvalue weighted by atomic mass is 16.5. The van der Waals surface area contributed by atoms with Gasteiger partial charge in [0.1, 0.15) is 0 Å². The van der Waals surface area contributed by atoms with Gasteiger partial charge in [-0.25, -0.2) is 0 Å². The van der Waals surface area contributed by atoms with Gasteiger partial charge in [0.05, 0.1) is 11.4 Å². The van der Waals surface area contributed by atoms with Crippen LogP contribution < -0.4 is 57.1 Å². The monoisotopic (exact) mass is 776 g/mol. The number of anilines is 12. The molecule has 0 unspecified atom stereocenters. The van der Waals surface area contributed by atoms with Crippen molar-refractivity contribution < 1.29 is 4.74 Å². The molecule has 0 spiro atoms. The molecule has 0 fully saturated rings. The summed E-state index contributed by atoms with van der Waals surface area (Å²) in [6, 6.07) is 75.3. The average Bonchev–Trinajstić information content (AvgIpc) is 3.33. The quantitative estimate of drug-likeness (QED) is 0.166. The van der Waals surface area contributed by atoms with Crippen molar-refractivity contribution >= 4 is 114 Å². The van der Waals surface area contributed by atoms with Crippen LogP contribution in [0.2, 0.25) is 0 Å². The summed E-state index contributed by atoms with van der Waals surface area (Å²) in [6.07, 6.45) is 0. The van der Waals surface area contributed by atoms with Gasteiger partial charge >= 0.3 is 0 Å². The number of nitrogens with zero attached hydrogens (tertiary/aromatic N) is 4. The number of ether oxygens (including phenoxy) is 1. The summed E-state index contributed by atoms with van der Waals surface area (Å²) in [4.78, 5) is 9.97. The van der Waals surface area contributed by atoms with Crippen molar-refractivity contribution in [2.24, 2.45) is 0 Å².